The second-order valence-electron chi connectivity index (χ2n) is 19.3. The molecule has 1 saturated heterocycles. The number of nitrogens with one attached hydrogen (secondary N) is 6. The Balaban J connectivity index is 2.21. The summed E-state index contributed by atoms with van der Waals surface area (Å²) < 4.78 is 12.3. The van der Waals surface area contributed by atoms with Crippen molar-refractivity contribution in [2.24, 2.45) is 5.92 Å². The van der Waals surface area contributed by atoms with Crippen LogP contribution in [0.25, 0.3) is 0 Å². The number of hydrogen-bond donors (Lipinski definition) is 6. The molecule has 6 N–H and O–H groups in total. The zero-order chi connectivity index (χ0) is 45.5. The number of ether oxygens (including phenoxy) is 2. The van der Waals surface area contributed by atoms with E-state index in [1.54, 1.807) is 78.5 Å². The number of esters is 1. The SMILES string of the molecule is CC(C)C[C@@H]1NC(=O)c2ccc(Br)c(c2)CNC(=O)[C@@H]2CCCN2[C@H](C(=O)NC(C)(C)C)[C@H](C)NC(=O)[C@H]([C@@H](C)OC(C)(C)C)NC(=O)[C@H](CC(=O)OC(C)(C)C)NC1=O. The summed E-state index contributed by atoms with van der Waals surface area (Å²) in [7, 11) is 0. The number of hydrogen-bond acceptors (Lipinski definition) is 10. The van der Waals surface area contributed by atoms with Gasteiger partial charge >= 0.3 is 5.97 Å². The molecule has 3 rings (SSSR count). The number of rotatable bonds is 7. The van der Waals surface area contributed by atoms with Gasteiger partial charge < -0.3 is 41.4 Å². The van der Waals surface area contributed by atoms with E-state index in [-0.39, 0.29) is 30.4 Å². The van der Waals surface area contributed by atoms with E-state index in [0.29, 0.717) is 29.4 Å². The molecule has 0 aromatic heterocycles. The molecule has 2 aliphatic heterocycles. The first-order valence-corrected chi connectivity index (χ1v) is 21.6. The molecule has 2 bridgehead atoms. The number of carbonyl (C=O) groups is 7. The molecule has 1 fully saturated rings. The van der Waals surface area contributed by atoms with Crippen LogP contribution in [0.5, 0.6) is 0 Å². The van der Waals surface area contributed by atoms with Crippen LogP contribution in [0.4, 0.5) is 0 Å². The fraction of sp³-hybridized carbons (Fsp3) is 0.698. The van der Waals surface area contributed by atoms with Gasteiger partial charge in [0.2, 0.25) is 29.5 Å². The molecule has 2 aliphatic rings. The minimum Gasteiger partial charge on any atom is -0.460 e. The molecular formula is C43H68BrN7O9. The predicted octanol–water partition coefficient (Wildman–Crippen LogP) is 3.38. The average Bonchev–Trinajstić information content (AvgIpc) is 3.55. The van der Waals surface area contributed by atoms with E-state index in [2.05, 4.69) is 47.8 Å². The van der Waals surface area contributed by atoms with Crippen molar-refractivity contribution in [3.63, 3.8) is 0 Å². The Kier molecular flexibility index (Phi) is 17.3. The molecule has 60 heavy (non-hydrogen) atoms. The average molecular weight is 907 g/mol. The zero-order valence-corrected chi connectivity index (χ0v) is 39.2. The van der Waals surface area contributed by atoms with E-state index >= 15 is 0 Å². The predicted molar refractivity (Wildman–Crippen MR) is 230 cm³/mol. The summed E-state index contributed by atoms with van der Waals surface area (Å²) in [4.78, 5) is 99.9. The van der Waals surface area contributed by atoms with Crippen LogP contribution in [-0.4, -0.2) is 112 Å². The minimum atomic E-state index is -1.55. The Morgan fingerprint density at radius 3 is 2.07 bits per heavy atom. The Morgan fingerprint density at radius 2 is 1.48 bits per heavy atom. The van der Waals surface area contributed by atoms with Gasteiger partial charge in [-0.1, -0.05) is 29.8 Å². The lowest BCUT2D eigenvalue weighted by Gasteiger charge is -2.38. The van der Waals surface area contributed by atoms with Gasteiger partial charge in [-0.15, -0.1) is 0 Å². The maximum atomic E-state index is 14.5. The molecule has 6 amide bonds. The van der Waals surface area contributed by atoms with E-state index in [1.165, 1.54) is 0 Å². The minimum absolute atomic E-state index is 0.0411. The fourth-order valence-corrected chi connectivity index (χ4v) is 7.70. The van der Waals surface area contributed by atoms with Crippen molar-refractivity contribution in [2.45, 2.75) is 181 Å². The van der Waals surface area contributed by atoms with Gasteiger partial charge in [0.15, 0.2) is 0 Å². The van der Waals surface area contributed by atoms with Crippen LogP contribution in [-0.2, 0) is 44.8 Å². The summed E-state index contributed by atoms with van der Waals surface area (Å²) in [6, 6.07) is -1.89. The van der Waals surface area contributed by atoms with Crippen LogP contribution in [0.1, 0.15) is 132 Å². The molecule has 0 aliphatic carbocycles. The van der Waals surface area contributed by atoms with Gasteiger partial charge in [0.05, 0.1) is 30.2 Å². The first kappa shape index (κ1) is 50.3. The number of halogens is 1. The highest BCUT2D eigenvalue weighted by molar-refractivity contribution is 9.10. The number of fused-ring (bicyclic) bond motifs is 3. The second kappa shape index (κ2) is 20.6. The van der Waals surface area contributed by atoms with Crippen molar-refractivity contribution < 1.29 is 43.0 Å². The molecule has 0 spiro atoms. The normalized spacial score (nSPS) is 25.1. The van der Waals surface area contributed by atoms with Crippen molar-refractivity contribution in [3.8, 4) is 0 Å². The third-order valence-electron chi connectivity index (χ3n) is 9.67. The highest BCUT2D eigenvalue weighted by Gasteiger charge is 2.44. The third-order valence-corrected chi connectivity index (χ3v) is 10.4. The summed E-state index contributed by atoms with van der Waals surface area (Å²) in [5.41, 5.74) is -1.54. The lowest BCUT2D eigenvalue weighted by molar-refractivity contribution is -0.156. The Hall–Kier alpha value is -4.09. The molecule has 1 aromatic carbocycles. The first-order valence-electron chi connectivity index (χ1n) is 20.8. The lowest BCUT2D eigenvalue weighted by Crippen LogP contribution is -2.65. The summed E-state index contributed by atoms with van der Waals surface area (Å²) in [6.07, 6.45) is -0.329. The van der Waals surface area contributed by atoms with Gasteiger partial charge in [-0.2, -0.15) is 0 Å². The molecule has 17 heteroatoms. The van der Waals surface area contributed by atoms with Gasteiger partial charge in [0, 0.05) is 22.1 Å². The van der Waals surface area contributed by atoms with Crippen molar-refractivity contribution in [1.29, 1.82) is 0 Å². The van der Waals surface area contributed by atoms with Crippen LogP contribution < -0.4 is 31.9 Å². The number of benzene rings is 1. The van der Waals surface area contributed by atoms with E-state index in [9.17, 15) is 33.6 Å². The molecule has 336 valence electrons. The van der Waals surface area contributed by atoms with Gasteiger partial charge in [-0.3, -0.25) is 38.5 Å². The summed E-state index contributed by atoms with van der Waals surface area (Å²) in [5, 5.41) is 17.1. The molecule has 16 nitrogen and oxygen atoms in total. The lowest BCUT2D eigenvalue weighted by atomic mass is 10.0. The van der Waals surface area contributed by atoms with Gasteiger partial charge in [-0.25, -0.2) is 0 Å². The summed E-state index contributed by atoms with van der Waals surface area (Å²) >= 11 is 3.52. The standard InChI is InChI=1S/C43H68BrN7O9/c1-23(2)19-29-36(54)48-30(21-32(52)60-43(11,12)13)37(55)49-33(25(4)59-42(8,9)10)39(57)46-24(3)34(40(58)50-41(5,6)7)51-18-14-15-31(51)38(56)45-22-27-20-26(35(53)47-29)16-17-28(27)44/h16-17,20,23-25,29-31,33-34H,14-15,18-19,21-22H2,1-13H3,(H,45,56)(H,46,57)(H,47,53)(H,48,54)(H,49,55)(H,50,58)/t24-,25+,29-,30-,31-,33-,34-/m0/s1. The second-order valence-corrected chi connectivity index (χ2v) is 20.2. The molecule has 0 unspecified atom stereocenters. The van der Waals surface area contributed by atoms with E-state index in [0.717, 1.165) is 0 Å². The van der Waals surface area contributed by atoms with Crippen molar-refractivity contribution >= 4 is 57.3 Å². The zero-order valence-electron chi connectivity index (χ0n) is 37.6. The molecule has 1 aromatic rings. The van der Waals surface area contributed by atoms with Crippen molar-refractivity contribution in [2.75, 3.05) is 6.54 Å². The monoisotopic (exact) mass is 905 g/mol. The molecule has 0 saturated carbocycles. The van der Waals surface area contributed by atoms with Crippen LogP contribution in [0.2, 0.25) is 0 Å². The molecule has 2 heterocycles. The summed E-state index contributed by atoms with van der Waals surface area (Å²) in [6.45, 7) is 23.3. The fourth-order valence-electron chi connectivity index (χ4n) is 7.31. The number of amides is 6. The largest absolute Gasteiger partial charge is 0.460 e. The van der Waals surface area contributed by atoms with Gasteiger partial charge in [0.25, 0.3) is 5.91 Å². The smallest absolute Gasteiger partial charge is 0.308 e. The van der Waals surface area contributed by atoms with Crippen molar-refractivity contribution in [1.82, 2.24) is 36.8 Å². The molecule has 7 atom stereocenters. The van der Waals surface area contributed by atoms with Crippen molar-refractivity contribution in [3.05, 3.63) is 33.8 Å². The highest BCUT2D eigenvalue weighted by atomic mass is 79.9. The molecule has 0 radical (unpaired) electrons. The van der Waals surface area contributed by atoms with Crippen LogP contribution in [0.3, 0.4) is 0 Å². The van der Waals surface area contributed by atoms with E-state index in [4.69, 9.17) is 9.47 Å². The number of carbonyl (C=O) groups excluding carboxylic acids is 7. The maximum Gasteiger partial charge on any atom is 0.308 e. The van der Waals surface area contributed by atoms with Gasteiger partial charge in [-0.05, 0) is 132 Å². The molecular weight excluding hydrogens is 838 g/mol. The maximum absolute atomic E-state index is 14.5. The van der Waals surface area contributed by atoms with Gasteiger partial charge in [0.1, 0.15) is 29.8 Å². The first-order chi connectivity index (χ1) is 27.5. The third kappa shape index (κ3) is 15.4. The Morgan fingerprint density at radius 1 is 0.850 bits per heavy atom. The topological polar surface area (TPSA) is 213 Å². The highest BCUT2D eigenvalue weighted by Crippen LogP contribution is 2.25. The Bertz CT molecular complexity index is 1750. The van der Waals surface area contributed by atoms with Crippen LogP contribution in [0.15, 0.2) is 22.7 Å². The van der Waals surface area contributed by atoms with Crippen LogP contribution >= 0.6 is 15.9 Å². The number of nitrogens with zero attached hydrogens (tertiary/aromatic N) is 1. The van der Waals surface area contributed by atoms with E-state index in [1.807, 2.05) is 34.6 Å². The quantitative estimate of drug-likeness (QED) is 0.220. The summed E-state index contributed by atoms with van der Waals surface area (Å²) in [5.74, 6) is -4.53. The van der Waals surface area contributed by atoms with Crippen LogP contribution in [0, 0.1) is 5.92 Å². The Labute approximate surface area is 363 Å². The van der Waals surface area contributed by atoms with E-state index < -0.39 is 101 Å².